The summed E-state index contributed by atoms with van der Waals surface area (Å²) in [5.74, 6) is 0. The molecule has 2 saturated heterocycles. The molecule has 0 saturated carbocycles. The average molecular weight is 506 g/mol. The molecule has 1 aromatic heterocycles. The molecule has 6 rings (SSSR count). The number of hydrogen-bond donors (Lipinski definition) is 2. The van der Waals surface area contributed by atoms with Crippen molar-refractivity contribution in [2.45, 2.75) is 29.2 Å². The molecule has 1 amide bonds. The van der Waals surface area contributed by atoms with Crippen molar-refractivity contribution in [3.8, 4) is 0 Å². The number of hydrogen-bond acceptors (Lipinski definition) is 7. The first-order valence-electron chi connectivity index (χ1n) is 11.5. The second-order valence-corrected chi connectivity index (χ2v) is 10.4. The number of nitrogens with one attached hydrogen (secondary N) is 2. The molecule has 10 heteroatoms. The topological polar surface area (TPSA) is 116 Å². The molecule has 0 unspecified atom stereocenters. The molecule has 0 aliphatic carbocycles. The van der Waals surface area contributed by atoms with Crippen LogP contribution in [0.3, 0.4) is 0 Å². The Morgan fingerprint density at radius 1 is 0.889 bits per heavy atom. The Morgan fingerprint density at radius 3 is 2.56 bits per heavy atom. The largest absolute Gasteiger partial charge is 0.441 e. The van der Waals surface area contributed by atoms with E-state index in [9.17, 15) is 13.2 Å². The summed E-state index contributed by atoms with van der Waals surface area (Å²) in [5, 5.41) is 5.41. The van der Waals surface area contributed by atoms with Crippen LogP contribution in [0.4, 0.5) is 10.5 Å². The van der Waals surface area contributed by atoms with E-state index in [0.29, 0.717) is 11.2 Å². The summed E-state index contributed by atoms with van der Waals surface area (Å²) in [6, 6.07) is 21.3. The maximum atomic E-state index is 13.2. The van der Waals surface area contributed by atoms with Crippen molar-refractivity contribution in [2.24, 2.45) is 0 Å². The van der Waals surface area contributed by atoms with Crippen molar-refractivity contribution in [1.82, 2.24) is 9.71 Å². The highest BCUT2D eigenvalue weighted by Crippen LogP contribution is 2.31. The predicted octanol–water partition coefficient (Wildman–Crippen LogP) is 3.45. The highest BCUT2D eigenvalue weighted by atomic mass is 32.2. The number of aromatic nitrogens is 1. The first kappa shape index (κ1) is 22.9. The third-order valence-corrected chi connectivity index (χ3v) is 8.01. The second-order valence-electron chi connectivity index (χ2n) is 8.75. The Kier molecular flexibility index (Phi) is 5.81. The quantitative estimate of drug-likeness (QED) is 0.427. The fourth-order valence-electron chi connectivity index (χ4n) is 4.83. The molecule has 36 heavy (non-hydrogen) atoms. The number of benzene rings is 3. The smallest absolute Gasteiger partial charge is 0.412 e. The third-order valence-electron chi connectivity index (χ3n) is 6.48. The minimum Gasteiger partial charge on any atom is -0.441 e. The number of nitrogens with zero attached hydrogens (tertiary/aromatic N) is 1. The van der Waals surface area contributed by atoms with Crippen LogP contribution >= 0.6 is 0 Å². The molecule has 2 N–H and O–H groups in total. The predicted molar refractivity (Wildman–Crippen MR) is 133 cm³/mol. The third kappa shape index (κ3) is 4.18. The summed E-state index contributed by atoms with van der Waals surface area (Å²) in [4.78, 5) is 17.0. The van der Waals surface area contributed by atoms with Gasteiger partial charge in [0.1, 0.15) is 17.1 Å². The minimum absolute atomic E-state index is 0.0873. The molecule has 0 spiro atoms. The molecule has 2 aliphatic heterocycles. The van der Waals surface area contributed by atoms with Crippen LogP contribution in [0.2, 0.25) is 0 Å². The van der Waals surface area contributed by atoms with Crippen LogP contribution in [-0.2, 0) is 24.2 Å². The fourth-order valence-corrected chi connectivity index (χ4v) is 6.24. The average Bonchev–Trinajstić information content (AvgIpc) is 3.47. The van der Waals surface area contributed by atoms with Crippen LogP contribution < -0.4 is 10.0 Å². The van der Waals surface area contributed by atoms with Gasteiger partial charge in [0.05, 0.1) is 30.5 Å². The van der Waals surface area contributed by atoms with E-state index in [0.717, 1.165) is 16.2 Å². The molecule has 0 bridgehead atoms. The van der Waals surface area contributed by atoms with Gasteiger partial charge >= 0.3 is 6.09 Å². The van der Waals surface area contributed by atoms with Gasteiger partial charge in [-0.2, -0.15) is 0 Å². The summed E-state index contributed by atoms with van der Waals surface area (Å²) in [6.45, 7) is 0.198. The highest BCUT2D eigenvalue weighted by Gasteiger charge is 2.50. The first-order chi connectivity index (χ1) is 17.5. The molecular formula is C26H23N3O6S. The lowest BCUT2D eigenvalue weighted by atomic mass is 10.1. The van der Waals surface area contributed by atoms with Crippen molar-refractivity contribution in [2.75, 3.05) is 18.5 Å². The number of carbonyl (C=O) groups excluding carboxylic acids is 1. The minimum atomic E-state index is -3.90. The maximum Gasteiger partial charge on any atom is 0.412 e. The van der Waals surface area contributed by atoms with Gasteiger partial charge in [-0.1, -0.05) is 54.6 Å². The van der Waals surface area contributed by atoms with Gasteiger partial charge in [-0.3, -0.25) is 10.3 Å². The fraction of sp³-hybridized carbons (Fsp3) is 0.231. The zero-order valence-corrected chi connectivity index (χ0v) is 19.9. The maximum absolute atomic E-state index is 13.2. The van der Waals surface area contributed by atoms with Gasteiger partial charge in [-0.15, -0.1) is 0 Å². The standard InChI is InChI=1S/C26H23N3O6S/c30-26(28-19-11-3-7-16-6-1-2-10-18(16)19)35-21-15-34-24-20(14-33-25(21)24)29-36(31,32)22-12-4-8-17-9-5-13-27-23(17)22/h1-13,20-21,24-25,29H,14-15H2,(H,28,30)/t20-,21-,24-,25+/m0/s1. The Labute approximate surface area is 207 Å². The van der Waals surface area contributed by atoms with Crippen LogP contribution in [0.5, 0.6) is 0 Å². The molecule has 184 valence electrons. The van der Waals surface area contributed by atoms with E-state index in [4.69, 9.17) is 14.2 Å². The van der Waals surface area contributed by atoms with E-state index in [1.54, 1.807) is 36.5 Å². The van der Waals surface area contributed by atoms with E-state index in [1.165, 1.54) is 6.07 Å². The van der Waals surface area contributed by atoms with Gasteiger partial charge in [0, 0.05) is 17.0 Å². The lowest BCUT2D eigenvalue weighted by Crippen LogP contribution is -2.44. The molecule has 4 aromatic rings. The number of para-hydroxylation sites is 1. The molecule has 3 heterocycles. The molecule has 9 nitrogen and oxygen atoms in total. The van der Waals surface area contributed by atoms with Crippen molar-refractivity contribution in [3.05, 3.63) is 79.0 Å². The summed E-state index contributed by atoms with van der Waals surface area (Å²) >= 11 is 0. The van der Waals surface area contributed by atoms with Gasteiger partial charge in [0.2, 0.25) is 10.0 Å². The Balaban J connectivity index is 1.13. The Hall–Kier alpha value is -3.57. The molecule has 4 atom stereocenters. The molecule has 2 aliphatic rings. The summed E-state index contributed by atoms with van der Waals surface area (Å²) in [6.07, 6.45) is -0.907. The number of sulfonamides is 1. The molecular weight excluding hydrogens is 482 g/mol. The van der Waals surface area contributed by atoms with E-state index < -0.39 is 40.5 Å². The number of fused-ring (bicyclic) bond motifs is 3. The Morgan fingerprint density at radius 2 is 1.64 bits per heavy atom. The number of anilines is 1. The monoisotopic (exact) mass is 505 g/mol. The normalized spacial score (nSPS) is 23.6. The molecule has 3 aromatic carbocycles. The number of ether oxygens (including phenoxy) is 3. The van der Waals surface area contributed by atoms with Crippen molar-refractivity contribution in [3.63, 3.8) is 0 Å². The lowest BCUT2D eigenvalue weighted by Gasteiger charge is -2.18. The lowest BCUT2D eigenvalue weighted by molar-refractivity contribution is 0.00884. The second kappa shape index (κ2) is 9.14. The number of amides is 1. The molecule has 2 fully saturated rings. The van der Waals surface area contributed by atoms with E-state index >= 15 is 0 Å². The van der Waals surface area contributed by atoms with E-state index in [1.807, 2.05) is 36.4 Å². The van der Waals surface area contributed by atoms with Crippen LogP contribution in [0.25, 0.3) is 21.7 Å². The van der Waals surface area contributed by atoms with Crippen LogP contribution in [-0.4, -0.2) is 57.1 Å². The van der Waals surface area contributed by atoms with Crippen LogP contribution in [0.1, 0.15) is 0 Å². The zero-order chi connectivity index (χ0) is 24.7. The number of rotatable bonds is 5. The van der Waals surface area contributed by atoms with Crippen LogP contribution in [0.15, 0.2) is 83.9 Å². The van der Waals surface area contributed by atoms with Crippen molar-refractivity contribution in [1.29, 1.82) is 0 Å². The highest BCUT2D eigenvalue weighted by molar-refractivity contribution is 7.89. The van der Waals surface area contributed by atoms with E-state index in [-0.39, 0.29) is 18.1 Å². The summed E-state index contributed by atoms with van der Waals surface area (Å²) in [5.41, 5.74) is 1.02. The van der Waals surface area contributed by atoms with Crippen LogP contribution in [0, 0.1) is 0 Å². The van der Waals surface area contributed by atoms with Gasteiger partial charge in [-0.05, 0) is 23.6 Å². The van der Waals surface area contributed by atoms with Gasteiger partial charge in [0.15, 0.2) is 6.10 Å². The number of pyridine rings is 1. The van der Waals surface area contributed by atoms with Gasteiger partial charge in [0.25, 0.3) is 0 Å². The van der Waals surface area contributed by atoms with E-state index in [2.05, 4.69) is 15.0 Å². The SMILES string of the molecule is O=C(Nc1cccc2ccccc12)O[C@H]1CO[C@@H]2[C@@H]1OC[C@@H]2NS(=O)(=O)c1cccc2cccnc12. The Bertz CT molecular complexity index is 1550. The molecule has 0 radical (unpaired) electrons. The summed E-state index contributed by atoms with van der Waals surface area (Å²) < 4.78 is 46.4. The van der Waals surface area contributed by atoms with Crippen molar-refractivity contribution < 1.29 is 27.4 Å². The number of carbonyl (C=O) groups is 1. The summed E-state index contributed by atoms with van der Waals surface area (Å²) in [7, 11) is -3.90. The van der Waals surface area contributed by atoms with Gasteiger partial charge in [-0.25, -0.2) is 17.9 Å². The first-order valence-corrected chi connectivity index (χ1v) is 13.0. The van der Waals surface area contributed by atoms with Crippen molar-refractivity contribution >= 4 is 43.5 Å². The zero-order valence-electron chi connectivity index (χ0n) is 19.0. The van der Waals surface area contributed by atoms with Gasteiger partial charge < -0.3 is 14.2 Å².